The summed E-state index contributed by atoms with van der Waals surface area (Å²) in [4.78, 5) is 0. The third-order valence-electron chi connectivity index (χ3n) is 3.24. The minimum atomic E-state index is -0.170. The Bertz CT molecular complexity index is 342. The number of halogens is 1. The number of hydrogen-bond acceptors (Lipinski definition) is 2. The van der Waals surface area contributed by atoms with E-state index in [4.69, 9.17) is 0 Å². The summed E-state index contributed by atoms with van der Waals surface area (Å²) >= 11 is 3.53. The van der Waals surface area contributed by atoms with Gasteiger partial charge in [-0.1, -0.05) is 47.0 Å². The molecule has 0 saturated heterocycles. The van der Waals surface area contributed by atoms with E-state index in [9.17, 15) is 5.11 Å². The van der Waals surface area contributed by atoms with Gasteiger partial charge in [0, 0.05) is 17.1 Å². The van der Waals surface area contributed by atoms with E-state index >= 15 is 0 Å². The van der Waals surface area contributed by atoms with Crippen molar-refractivity contribution in [3.05, 3.63) is 34.3 Å². The van der Waals surface area contributed by atoms with Gasteiger partial charge in [0.15, 0.2) is 0 Å². The van der Waals surface area contributed by atoms with E-state index in [-0.39, 0.29) is 12.1 Å². The maximum atomic E-state index is 9.84. The first kappa shape index (κ1) is 12.1. The highest BCUT2D eigenvalue weighted by molar-refractivity contribution is 9.10. The zero-order valence-electron chi connectivity index (χ0n) is 9.32. The third-order valence-corrected chi connectivity index (χ3v) is 4.02. The van der Waals surface area contributed by atoms with Crippen molar-refractivity contribution in [3.63, 3.8) is 0 Å². The molecule has 1 aromatic rings. The van der Waals surface area contributed by atoms with Crippen molar-refractivity contribution in [2.24, 2.45) is 0 Å². The Kier molecular flexibility index (Phi) is 4.38. The van der Waals surface area contributed by atoms with Crippen LogP contribution in [0.4, 0.5) is 0 Å². The zero-order chi connectivity index (χ0) is 11.4. The smallest absolute Gasteiger partial charge is 0.0693 e. The van der Waals surface area contributed by atoms with Crippen LogP contribution in [-0.2, 0) is 6.54 Å². The molecule has 1 aliphatic rings. The molecule has 0 aliphatic heterocycles. The minimum absolute atomic E-state index is 0.170. The van der Waals surface area contributed by atoms with E-state index in [0.717, 1.165) is 30.3 Å². The van der Waals surface area contributed by atoms with Gasteiger partial charge in [-0.25, -0.2) is 0 Å². The molecule has 2 rings (SSSR count). The van der Waals surface area contributed by atoms with E-state index < -0.39 is 0 Å². The average molecular weight is 284 g/mol. The molecule has 3 heteroatoms. The lowest BCUT2D eigenvalue weighted by Crippen LogP contribution is -2.41. The molecule has 2 atom stereocenters. The molecule has 2 N–H and O–H groups in total. The Labute approximate surface area is 105 Å². The summed E-state index contributed by atoms with van der Waals surface area (Å²) in [6.07, 6.45) is 4.24. The van der Waals surface area contributed by atoms with Gasteiger partial charge in [-0.05, 0) is 24.5 Å². The molecule has 0 spiro atoms. The van der Waals surface area contributed by atoms with Crippen LogP contribution in [0.15, 0.2) is 28.7 Å². The third kappa shape index (κ3) is 3.06. The molecule has 16 heavy (non-hydrogen) atoms. The molecule has 88 valence electrons. The lowest BCUT2D eigenvalue weighted by Gasteiger charge is -2.28. The van der Waals surface area contributed by atoms with E-state index in [1.165, 1.54) is 12.0 Å². The van der Waals surface area contributed by atoms with Crippen molar-refractivity contribution in [1.29, 1.82) is 0 Å². The highest BCUT2D eigenvalue weighted by Gasteiger charge is 2.22. The lowest BCUT2D eigenvalue weighted by atomic mass is 9.92. The minimum Gasteiger partial charge on any atom is -0.392 e. The van der Waals surface area contributed by atoms with Gasteiger partial charge in [-0.2, -0.15) is 0 Å². The van der Waals surface area contributed by atoms with Crippen LogP contribution in [0.5, 0.6) is 0 Å². The van der Waals surface area contributed by atoms with E-state index in [2.05, 4.69) is 27.3 Å². The Hall–Kier alpha value is -0.380. The standard InChI is InChI=1S/C13H18BrNO/c14-11-6-2-1-5-10(11)9-15-12-7-3-4-8-13(12)16/h1-2,5-6,12-13,15-16H,3-4,7-9H2/t12-,13-/m0/s1. The van der Waals surface area contributed by atoms with Crippen molar-refractivity contribution < 1.29 is 5.11 Å². The Morgan fingerprint density at radius 1 is 1.25 bits per heavy atom. The molecular weight excluding hydrogens is 266 g/mol. The predicted octanol–water partition coefficient (Wildman–Crippen LogP) is 2.84. The molecule has 2 nitrogen and oxygen atoms in total. The van der Waals surface area contributed by atoms with Gasteiger partial charge in [0.05, 0.1) is 6.10 Å². The zero-order valence-corrected chi connectivity index (χ0v) is 10.9. The van der Waals surface area contributed by atoms with E-state index in [0.29, 0.717) is 0 Å². The summed E-state index contributed by atoms with van der Waals surface area (Å²) in [5.41, 5.74) is 1.25. The second-order valence-electron chi connectivity index (χ2n) is 4.43. The fourth-order valence-corrected chi connectivity index (χ4v) is 2.66. The van der Waals surface area contributed by atoms with Crippen LogP contribution in [0, 0.1) is 0 Å². The molecule has 0 bridgehead atoms. The topological polar surface area (TPSA) is 32.3 Å². The largest absolute Gasteiger partial charge is 0.392 e. The summed E-state index contributed by atoms with van der Waals surface area (Å²) in [6.45, 7) is 0.823. The van der Waals surface area contributed by atoms with Crippen molar-refractivity contribution >= 4 is 15.9 Å². The van der Waals surface area contributed by atoms with Crippen LogP contribution < -0.4 is 5.32 Å². The quantitative estimate of drug-likeness (QED) is 0.894. The Balaban J connectivity index is 1.89. The molecule has 1 saturated carbocycles. The maximum absolute atomic E-state index is 9.84. The van der Waals surface area contributed by atoms with Crippen molar-refractivity contribution in [2.75, 3.05) is 0 Å². The normalized spacial score (nSPS) is 25.6. The Morgan fingerprint density at radius 2 is 2.00 bits per heavy atom. The van der Waals surface area contributed by atoms with Crippen LogP contribution in [0.2, 0.25) is 0 Å². The first-order chi connectivity index (χ1) is 7.77. The van der Waals surface area contributed by atoms with Gasteiger partial charge in [0.2, 0.25) is 0 Å². The number of rotatable bonds is 3. The molecule has 1 aliphatic carbocycles. The number of aliphatic hydroxyl groups is 1. The van der Waals surface area contributed by atoms with E-state index in [1.807, 2.05) is 18.2 Å². The summed E-state index contributed by atoms with van der Waals surface area (Å²) < 4.78 is 1.13. The summed E-state index contributed by atoms with van der Waals surface area (Å²) in [6, 6.07) is 8.48. The van der Waals surface area contributed by atoms with Crippen molar-refractivity contribution in [1.82, 2.24) is 5.32 Å². The lowest BCUT2D eigenvalue weighted by molar-refractivity contribution is 0.0902. The van der Waals surface area contributed by atoms with Gasteiger partial charge in [0.1, 0.15) is 0 Å². The fourth-order valence-electron chi connectivity index (χ4n) is 2.23. The SMILES string of the molecule is O[C@H]1CCCC[C@@H]1NCc1ccccc1Br. The molecule has 1 aromatic carbocycles. The highest BCUT2D eigenvalue weighted by atomic mass is 79.9. The predicted molar refractivity (Wildman–Crippen MR) is 69.2 cm³/mol. The van der Waals surface area contributed by atoms with Crippen LogP contribution >= 0.6 is 15.9 Å². The summed E-state index contributed by atoms with van der Waals surface area (Å²) in [5.74, 6) is 0. The van der Waals surface area contributed by atoms with Gasteiger partial charge in [-0.3, -0.25) is 0 Å². The van der Waals surface area contributed by atoms with Gasteiger partial charge < -0.3 is 10.4 Å². The monoisotopic (exact) mass is 283 g/mol. The average Bonchev–Trinajstić information content (AvgIpc) is 2.30. The van der Waals surface area contributed by atoms with Crippen molar-refractivity contribution in [2.45, 2.75) is 44.4 Å². The molecular formula is C13H18BrNO. The second kappa shape index (κ2) is 5.80. The number of nitrogens with one attached hydrogen (secondary N) is 1. The summed E-state index contributed by atoms with van der Waals surface area (Å²) in [5, 5.41) is 13.3. The molecule has 0 heterocycles. The number of hydrogen-bond donors (Lipinski definition) is 2. The first-order valence-corrected chi connectivity index (χ1v) is 6.71. The van der Waals surface area contributed by atoms with Crippen LogP contribution in [-0.4, -0.2) is 17.3 Å². The molecule has 1 fully saturated rings. The molecule has 0 aromatic heterocycles. The van der Waals surface area contributed by atoms with Gasteiger partial charge in [0.25, 0.3) is 0 Å². The van der Waals surface area contributed by atoms with Gasteiger partial charge >= 0.3 is 0 Å². The fraction of sp³-hybridized carbons (Fsp3) is 0.538. The van der Waals surface area contributed by atoms with Crippen LogP contribution in [0.3, 0.4) is 0 Å². The first-order valence-electron chi connectivity index (χ1n) is 5.92. The highest BCUT2D eigenvalue weighted by Crippen LogP contribution is 2.20. The van der Waals surface area contributed by atoms with Crippen LogP contribution in [0.1, 0.15) is 31.2 Å². The van der Waals surface area contributed by atoms with Crippen molar-refractivity contribution in [3.8, 4) is 0 Å². The summed E-state index contributed by atoms with van der Waals surface area (Å²) in [7, 11) is 0. The Morgan fingerprint density at radius 3 is 2.75 bits per heavy atom. The number of benzene rings is 1. The molecule has 0 amide bonds. The van der Waals surface area contributed by atoms with Gasteiger partial charge in [-0.15, -0.1) is 0 Å². The number of aliphatic hydroxyl groups excluding tert-OH is 1. The second-order valence-corrected chi connectivity index (χ2v) is 5.28. The van der Waals surface area contributed by atoms with Crippen LogP contribution in [0.25, 0.3) is 0 Å². The molecule has 0 unspecified atom stereocenters. The molecule has 0 radical (unpaired) electrons. The maximum Gasteiger partial charge on any atom is 0.0693 e. The van der Waals surface area contributed by atoms with E-state index in [1.54, 1.807) is 0 Å².